The second-order valence-corrected chi connectivity index (χ2v) is 11.3. The van der Waals surface area contributed by atoms with Crippen molar-refractivity contribution in [3.63, 3.8) is 0 Å². The Morgan fingerprint density at radius 1 is 0.784 bits per heavy atom. The summed E-state index contributed by atoms with van der Waals surface area (Å²) in [6.45, 7) is -0.547. The number of carbonyl (C=O) groups excluding carboxylic acids is 1. The molecule has 0 aliphatic rings. The van der Waals surface area contributed by atoms with Gasteiger partial charge >= 0.3 is 0 Å². The molecular weight excluding hydrogens is 519 g/mol. The number of amides is 1. The summed E-state index contributed by atoms with van der Waals surface area (Å²) in [6.07, 6.45) is 2.82. The van der Waals surface area contributed by atoms with Crippen molar-refractivity contribution in [3.05, 3.63) is 109 Å². The fourth-order valence-corrected chi connectivity index (χ4v) is 5.80. The van der Waals surface area contributed by atoms with Gasteiger partial charge in [0.25, 0.3) is 20.0 Å². The predicted molar refractivity (Wildman–Crippen MR) is 137 cm³/mol. The molecule has 3 aromatic carbocycles. The van der Waals surface area contributed by atoms with Crippen LogP contribution in [-0.4, -0.2) is 34.3 Å². The highest BCUT2D eigenvalue weighted by Crippen LogP contribution is 2.23. The molecule has 0 unspecified atom stereocenters. The molecule has 0 atom stereocenters. The molecule has 12 heteroatoms. The van der Waals surface area contributed by atoms with E-state index in [0.717, 1.165) is 16.4 Å². The third-order valence-electron chi connectivity index (χ3n) is 5.10. The molecule has 4 rings (SSSR count). The molecule has 9 nitrogen and oxygen atoms in total. The van der Waals surface area contributed by atoms with E-state index in [2.05, 4.69) is 15.0 Å². The van der Waals surface area contributed by atoms with Gasteiger partial charge in [-0.05, 0) is 72.8 Å². The third kappa shape index (κ3) is 6.29. The van der Waals surface area contributed by atoms with E-state index in [1.165, 1.54) is 67.0 Å². The van der Waals surface area contributed by atoms with E-state index in [-0.39, 0.29) is 26.9 Å². The standard InChI is InChI=1S/C25H21FN4O5S2/c26-19-8-10-21(11-9-19)29-36(32,33)23-14-12-20(13-15-23)28-25(31)18-30(22-5-4-16-27-17-22)37(34,35)24-6-2-1-3-7-24/h1-17,29H,18H2,(H,28,31). The van der Waals surface area contributed by atoms with E-state index >= 15 is 0 Å². The van der Waals surface area contributed by atoms with Crippen LogP contribution in [0.4, 0.5) is 21.5 Å². The van der Waals surface area contributed by atoms with Crippen molar-refractivity contribution in [3.8, 4) is 0 Å². The van der Waals surface area contributed by atoms with Crippen molar-refractivity contribution in [2.75, 3.05) is 20.9 Å². The number of nitrogens with zero attached hydrogens (tertiary/aromatic N) is 2. The lowest BCUT2D eigenvalue weighted by Gasteiger charge is -2.23. The highest BCUT2D eigenvalue weighted by Gasteiger charge is 2.27. The summed E-state index contributed by atoms with van der Waals surface area (Å²) in [7, 11) is -8.03. The van der Waals surface area contributed by atoms with Gasteiger partial charge in [-0.3, -0.25) is 18.8 Å². The minimum Gasteiger partial charge on any atom is -0.325 e. The summed E-state index contributed by atoms with van der Waals surface area (Å²) in [5.41, 5.74) is 0.651. The minimum atomic E-state index is -4.08. The van der Waals surface area contributed by atoms with Crippen molar-refractivity contribution in [2.24, 2.45) is 0 Å². The van der Waals surface area contributed by atoms with E-state index in [4.69, 9.17) is 0 Å². The van der Waals surface area contributed by atoms with Gasteiger partial charge < -0.3 is 5.32 Å². The summed E-state index contributed by atoms with van der Waals surface area (Å²) in [6, 6.07) is 20.9. The number of pyridine rings is 1. The van der Waals surface area contributed by atoms with Crippen molar-refractivity contribution in [1.82, 2.24) is 4.98 Å². The van der Waals surface area contributed by atoms with Crippen LogP contribution < -0.4 is 14.3 Å². The number of benzene rings is 3. The topological polar surface area (TPSA) is 126 Å². The second kappa shape index (κ2) is 10.8. The summed E-state index contributed by atoms with van der Waals surface area (Å²) < 4.78 is 68.1. The van der Waals surface area contributed by atoms with E-state index in [0.29, 0.717) is 0 Å². The average Bonchev–Trinajstić information content (AvgIpc) is 2.90. The summed E-state index contributed by atoms with van der Waals surface area (Å²) in [4.78, 5) is 16.7. The Morgan fingerprint density at radius 2 is 1.43 bits per heavy atom. The highest BCUT2D eigenvalue weighted by atomic mass is 32.2. The van der Waals surface area contributed by atoms with Crippen LogP contribution in [0.15, 0.2) is 113 Å². The normalized spacial score (nSPS) is 11.5. The van der Waals surface area contributed by atoms with Crippen LogP contribution in [0.2, 0.25) is 0 Å². The number of hydrogen-bond donors (Lipinski definition) is 2. The lowest BCUT2D eigenvalue weighted by Crippen LogP contribution is -2.38. The first-order chi connectivity index (χ1) is 17.6. The van der Waals surface area contributed by atoms with Crippen LogP contribution >= 0.6 is 0 Å². The Balaban J connectivity index is 1.50. The number of nitrogens with one attached hydrogen (secondary N) is 2. The van der Waals surface area contributed by atoms with Crippen LogP contribution in [0.1, 0.15) is 0 Å². The zero-order valence-electron chi connectivity index (χ0n) is 19.2. The molecule has 1 amide bonds. The van der Waals surface area contributed by atoms with Gasteiger partial charge in [-0.15, -0.1) is 0 Å². The zero-order chi connectivity index (χ0) is 26.5. The van der Waals surface area contributed by atoms with E-state index in [1.54, 1.807) is 24.3 Å². The van der Waals surface area contributed by atoms with Crippen molar-refractivity contribution >= 4 is 43.0 Å². The van der Waals surface area contributed by atoms with Crippen LogP contribution in [0.5, 0.6) is 0 Å². The number of carbonyl (C=O) groups is 1. The van der Waals surface area contributed by atoms with Gasteiger partial charge in [-0.2, -0.15) is 0 Å². The largest absolute Gasteiger partial charge is 0.325 e. The Kier molecular flexibility index (Phi) is 7.50. The predicted octanol–water partition coefficient (Wildman–Crippen LogP) is 3.86. The quantitative estimate of drug-likeness (QED) is 0.332. The van der Waals surface area contributed by atoms with Crippen molar-refractivity contribution < 1.29 is 26.0 Å². The Bertz CT molecular complexity index is 1580. The molecule has 0 aliphatic heterocycles. The van der Waals surface area contributed by atoms with Crippen LogP contribution in [0.25, 0.3) is 0 Å². The highest BCUT2D eigenvalue weighted by molar-refractivity contribution is 7.93. The number of halogens is 1. The molecule has 2 N–H and O–H groups in total. The van der Waals surface area contributed by atoms with Crippen LogP contribution in [0, 0.1) is 5.82 Å². The van der Waals surface area contributed by atoms with E-state index < -0.39 is 38.3 Å². The molecule has 1 heterocycles. The fourth-order valence-electron chi connectivity index (χ4n) is 3.32. The van der Waals surface area contributed by atoms with Crippen molar-refractivity contribution in [2.45, 2.75) is 9.79 Å². The number of anilines is 3. The second-order valence-electron chi connectivity index (χ2n) is 7.72. The Morgan fingerprint density at radius 3 is 2.05 bits per heavy atom. The monoisotopic (exact) mass is 540 g/mol. The molecule has 0 spiro atoms. The molecule has 0 saturated carbocycles. The number of hydrogen-bond acceptors (Lipinski definition) is 6. The van der Waals surface area contributed by atoms with Gasteiger partial charge in [-0.1, -0.05) is 18.2 Å². The van der Waals surface area contributed by atoms with Gasteiger partial charge in [0.2, 0.25) is 5.91 Å². The molecule has 0 saturated heterocycles. The Labute approximate surface area is 213 Å². The van der Waals surface area contributed by atoms with E-state index in [9.17, 15) is 26.0 Å². The summed E-state index contributed by atoms with van der Waals surface area (Å²) in [5.74, 6) is -1.15. The molecule has 0 aliphatic carbocycles. The molecule has 190 valence electrons. The van der Waals surface area contributed by atoms with Crippen LogP contribution in [-0.2, 0) is 24.8 Å². The first-order valence-corrected chi connectivity index (χ1v) is 13.7. The minimum absolute atomic E-state index is 0.00914. The molecule has 0 radical (unpaired) electrons. The smallest absolute Gasteiger partial charge is 0.264 e. The summed E-state index contributed by atoms with van der Waals surface area (Å²) >= 11 is 0. The fraction of sp³-hybridized carbons (Fsp3) is 0.0400. The lowest BCUT2D eigenvalue weighted by molar-refractivity contribution is -0.114. The summed E-state index contributed by atoms with van der Waals surface area (Å²) in [5, 5.41) is 2.58. The number of rotatable bonds is 9. The van der Waals surface area contributed by atoms with Gasteiger partial charge in [0.05, 0.1) is 21.7 Å². The third-order valence-corrected chi connectivity index (χ3v) is 8.28. The Hall–Kier alpha value is -4.29. The molecule has 1 aromatic heterocycles. The number of aromatic nitrogens is 1. The number of sulfonamides is 2. The molecule has 0 bridgehead atoms. The maximum absolute atomic E-state index is 13.3. The first-order valence-electron chi connectivity index (χ1n) is 10.8. The van der Waals surface area contributed by atoms with Gasteiger partial charge in [-0.25, -0.2) is 21.2 Å². The van der Waals surface area contributed by atoms with Crippen molar-refractivity contribution in [1.29, 1.82) is 0 Å². The first kappa shape index (κ1) is 25.8. The maximum Gasteiger partial charge on any atom is 0.264 e. The van der Waals surface area contributed by atoms with Gasteiger partial charge in [0, 0.05) is 17.6 Å². The van der Waals surface area contributed by atoms with E-state index in [1.807, 2.05) is 0 Å². The molecule has 4 aromatic rings. The molecule has 37 heavy (non-hydrogen) atoms. The van der Waals surface area contributed by atoms with Crippen LogP contribution in [0.3, 0.4) is 0 Å². The van der Waals surface area contributed by atoms with Gasteiger partial charge in [0.1, 0.15) is 12.4 Å². The van der Waals surface area contributed by atoms with Gasteiger partial charge in [0.15, 0.2) is 0 Å². The average molecular weight is 541 g/mol. The lowest BCUT2D eigenvalue weighted by atomic mass is 10.3. The molecule has 0 fully saturated rings. The molecular formula is C25H21FN4O5S2. The maximum atomic E-state index is 13.3. The SMILES string of the molecule is O=C(CN(c1cccnc1)S(=O)(=O)c1ccccc1)Nc1ccc(S(=O)(=O)Nc2ccc(F)cc2)cc1. The zero-order valence-corrected chi connectivity index (χ0v) is 20.8.